The molecule has 0 aromatic heterocycles. The average Bonchev–Trinajstić information content (AvgIpc) is 2.64. The van der Waals surface area contributed by atoms with Crippen LogP contribution >= 0.6 is 0 Å². The van der Waals surface area contributed by atoms with Gasteiger partial charge in [-0.05, 0) is 12.1 Å². The molecule has 0 radical (unpaired) electrons. The lowest BCUT2D eigenvalue weighted by Crippen LogP contribution is -3.27. The normalized spacial score (nSPS) is 20.6. The van der Waals surface area contributed by atoms with E-state index in [0.29, 0.717) is 0 Å². The summed E-state index contributed by atoms with van der Waals surface area (Å²) < 4.78 is 11.0. The summed E-state index contributed by atoms with van der Waals surface area (Å²) >= 11 is 0. The lowest BCUT2D eigenvalue weighted by molar-refractivity contribution is -1.02. The van der Waals surface area contributed by atoms with E-state index >= 15 is 0 Å². The molecule has 0 spiro atoms. The summed E-state index contributed by atoms with van der Waals surface area (Å²) in [5.74, 6) is 1.70. The maximum Gasteiger partial charge on any atom is 0.169 e. The molecule has 0 atom stereocenters. The average molecular weight is 328 g/mol. The van der Waals surface area contributed by atoms with Gasteiger partial charge in [-0.15, -0.1) is 0 Å². The fourth-order valence-electron chi connectivity index (χ4n) is 3.56. The fourth-order valence-corrected chi connectivity index (χ4v) is 3.56. The standard InChI is InChI=1S/C20H26N2O2/c1-23-19-10-6-9-18(20(19)24-2)16-22-13-11-21(12-14-22)15-17-7-4-3-5-8-17/h3-10H,11-16H2,1-2H3/p+2. The number of methoxy groups -OCH3 is 2. The third kappa shape index (κ3) is 4.08. The second-order valence-corrected chi connectivity index (χ2v) is 6.49. The van der Waals surface area contributed by atoms with Crippen LogP contribution in [0, 0.1) is 0 Å². The Bertz CT molecular complexity index is 637. The Morgan fingerprint density at radius 1 is 0.750 bits per heavy atom. The summed E-state index contributed by atoms with van der Waals surface area (Å²) in [7, 11) is 3.42. The van der Waals surface area contributed by atoms with Crippen molar-refractivity contribution in [3.8, 4) is 11.5 Å². The maximum atomic E-state index is 5.57. The molecule has 1 aliphatic heterocycles. The molecule has 1 saturated heterocycles. The number of piperazine rings is 1. The number of nitrogens with one attached hydrogen (secondary N) is 2. The van der Waals surface area contributed by atoms with Crippen molar-refractivity contribution in [1.82, 2.24) is 0 Å². The minimum atomic E-state index is 0.822. The van der Waals surface area contributed by atoms with Gasteiger partial charge in [0.2, 0.25) is 0 Å². The van der Waals surface area contributed by atoms with Crippen LogP contribution in [-0.4, -0.2) is 40.4 Å². The highest BCUT2D eigenvalue weighted by Crippen LogP contribution is 2.30. The first-order valence-electron chi connectivity index (χ1n) is 8.71. The molecule has 0 saturated carbocycles. The third-order valence-corrected chi connectivity index (χ3v) is 4.89. The maximum absolute atomic E-state index is 5.57. The van der Waals surface area contributed by atoms with Crippen LogP contribution in [0.1, 0.15) is 11.1 Å². The van der Waals surface area contributed by atoms with Crippen molar-refractivity contribution in [3.05, 3.63) is 59.7 Å². The summed E-state index contributed by atoms with van der Waals surface area (Å²) in [5.41, 5.74) is 2.67. The number of ether oxygens (including phenoxy) is 2. The van der Waals surface area contributed by atoms with Crippen LogP contribution in [-0.2, 0) is 13.1 Å². The molecule has 1 fully saturated rings. The van der Waals surface area contributed by atoms with E-state index in [-0.39, 0.29) is 0 Å². The third-order valence-electron chi connectivity index (χ3n) is 4.89. The van der Waals surface area contributed by atoms with Crippen molar-refractivity contribution < 1.29 is 19.3 Å². The molecule has 0 unspecified atom stereocenters. The summed E-state index contributed by atoms with van der Waals surface area (Å²) in [6.45, 7) is 6.97. The molecule has 3 rings (SSSR count). The molecule has 2 N–H and O–H groups in total. The van der Waals surface area contributed by atoms with Crippen LogP contribution in [0.25, 0.3) is 0 Å². The highest BCUT2D eigenvalue weighted by Gasteiger charge is 2.24. The molecule has 2 aromatic rings. The van der Waals surface area contributed by atoms with Gasteiger partial charge in [-0.2, -0.15) is 0 Å². The fraction of sp³-hybridized carbons (Fsp3) is 0.400. The van der Waals surface area contributed by atoms with E-state index in [1.54, 1.807) is 24.0 Å². The van der Waals surface area contributed by atoms with Crippen molar-refractivity contribution >= 4 is 0 Å². The molecule has 0 bridgehead atoms. The van der Waals surface area contributed by atoms with Crippen molar-refractivity contribution in [2.24, 2.45) is 0 Å². The number of rotatable bonds is 6. The summed E-state index contributed by atoms with van der Waals surface area (Å²) in [6.07, 6.45) is 0. The molecule has 24 heavy (non-hydrogen) atoms. The van der Waals surface area contributed by atoms with E-state index in [9.17, 15) is 0 Å². The van der Waals surface area contributed by atoms with E-state index in [1.807, 2.05) is 12.1 Å². The molecule has 2 aromatic carbocycles. The van der Waals surface area contributed by atoms with E-state index in [1.165, 1.54) is 37.3 Å². The first kappa shape index (κ1) is 16.8. The Labute approximate surface area is 144 Å². The molecular formula is C20H28N2O2+2. The van der Waals surface area contributed by atoms with E-state index < -0.39 is 0 Å². The van der Waals surface area contributed by atoms with Crippen LogP contribution in [0.4, 0.5) is 0 Å². The number of hydrogen-bond acceptors (Lipinski definition) is 2. The van der Waals surface area contributed by atoms with Crippen LogP contribution in [0.3, 0.4) is 0 Å². The van der Waals surface area contributed by atoms with Gasteiger partial charge in [0.25, 0.3) is 0 Å². The molecule has 0 aliphatic carbocycles. The Morgan fingerprint density at radius 3 is 2.04 bits per heavy atom. The number of hydrogen-bond donors (Lipinski definition) is 2. The smallest absolute Gasteiger partial charge is 0.169 e. The highest BCUT2D eigenvalue weighted by molar-refractivity contribution is 5.46. The minimum Gasteiger partial charge on any atom is -0.493 e. The number of para-hydroxylation sites is 1. The molecule has 0 amide bonds. The minimum absolute atomic E-state index is 0.822. The van der Waals surface area contributed by atoms with Gasteiger partial charge >= 0.3 is 0 Å². The highest BCUT2D eigenvalue weighted by atomic mass is 16.5. The van der Waals surface area contributed by atoms with Crippen molar-refractivity contribution in [2.75, 3.05) is 40.4 Å². The van der Waals surface area contributed by atoms with Gasteiger partial charge in [0.1, 0.15) is 39.3 Å². The van der Waals surface area contributed by atoms with Gasteiger partial charge in [-0.1, -0.05) is 36.4 Å². The van der Waals surface area contributed by atoms with E-state index in [2.05, 4.69) is 36.4 Å². The molecule has 4 nitrogen and oxygen atoms in total. The zero-order chi connectivity index (χ0) is 16.8. The van der Waals surface area contributed by atoms with Crippen molar-refractivity contribution in [3.63, 3.8) is 0 Å². The molecule has 4 heteroatoms. The zero-order valence-corrected chi connectivity index (χ0v) is 14.7. The first-order valence-corrected chi connectivity index (χ1v) is 8.71. The number of benzene rings is 2. The summed E-state index contributed by atoms with van der Waals surface area (Å²) in [6, 6.07) is 17.0. The molecular weight excluding hydrogens is 300 g/mol. The monoisotopic (exact) mass is 328 g/mol. The lowest BCUT2D eigenvalue weighted by atomic mass is 10.1. The molecule has 128 valence electrons. The van der Waals surface area contributed by atoms with Crippen molar-refractivity contribution in [2.45, 2.75) is 13.1 Å². The lowest BCUT2D eigenvalue weighted by Gasteiger charge is -2.30. The first-order chi connectivity index (χ1) is 11.8. The van der Waals surface area contributed by atoms with Gasteiger partial charge in [0, 0.05) is 5.56 Å². The Balaban J connectivity index is 1.56. The van der Waals surface area contributed by atoms with Crippen LogP contribution in [0.15, 0.2) is 48.5 Å². The van der Waals surface area contributed by atoms with Crippen LogP contribution in [0.5, 0.6) is 11.5 Å². The second-order valence-electron chi connectivity index (χ2n) is 6.49. The van der Waals surface area contributed by atoms with Crippen molar-refractivity contribution in [1.29, 1.82) is 0 Å². The largest absolute Gasteiger partial charge is 0.493 e. The second kappa shape index (κ2) is 8.18. The molecule has 1 heterocycles. The number of quaternary nitrogens is 2. The van der Waals surface area contributed by atoms with Gasteiger partial charge in [-0.3, -0.25) is 0 Å². The van der Waals surface area contributed by atoms with Gasteiger partial charge in [0.05, 0.1) is 19.8 Å². The predicted molar refractivity (Wildman–Crippen MR) is 94.8 cm³/mol. The Hall–Kier alpha value is -2.04. The quantitative estimate of drug-likeness (QED) is 0.792. The van der Waals surface area contributed by atoms with E-state index in [0.717, 1.165) is 24.6 Å². The van der Waals surface area contributed by atoms with Gasteiger partial charge < -0.3 is 19.3 Å². The predicted octanol–water partition coefficient (Wildman–Crippen LogP) is 0.187. The van der Waals surface area contributed by atoms with E-state index in [4.69, 9.17) is 9.47 Å². The molecule has 1 aliphatic rings. The zero-order valence-electron chi connectivity index (χ0n) is 14.7. The topological polar surface area (TPSA) is 27.3 Å². The summed E-state index contributed by atoms with van der Waals surface area (Å²) in [4.78, 5) is 3.31. The van der Waals surface area contributed by atoms with Crippen LogP contribution in [0.2, 0.25) is 0 Å². The van der Waals surface area contributed by atoms with Crippen LogP contribution < -0.4 is 19.3 Å². The summed E-state index contributed by atoms with van der Waals surface area (Å²) in [5, 5.41) is 0. The van der Waals surface area contributed by atoms with Gasteiger partial charge in [-0.25, -0.2) is 0 Å². The Morgan fingerprint density at radius 2 is 1.42 bits per heavy atom. The Kier molecular flexibility index (Phi) is 5.72. The van der Waals surface area contributed by atoms with Gasteiger partial charge in [0.15, 0.2) is 11.5 Å². The SMILES string of the molecule is COc1cccc(C[NH+]2CC[NH+](Cc3ccccc3)CC2)c1OC.